The monoisotopic (exact) mass is 398 g/mol. The van der Waals surface area contributed by atoms with E-state index < -0.39 is 0 Å². The Bertz CT molecular complexity index is 694. The quantitative estimate of drug-likeness (QED) is 0.494. The summed E-state index contributed by atoms with van der Waals surface area (Å²) >= 11 is 13.2. The highest BCUT2D eigenvalue weighted by Crippen LogP contribution is 2.46. The lowest BCUT2D eigenvalue weighted by molar-refractivity contribution is 0.579. The molecule has 25 heavy (non-hydrogen) atoms. The zero-order valence-corrected chi connectivity index (χ0v) is 17.8. The van der Waals surface area contributed by atoms with Crippen LogP contribution in [0.15, 0.2) is 34.1 Å². The van der Waals surface area contributed by atoms with Gasteiger partial charge in [0.05, 0.1) is 9.79 Å². The van der Waals surface area contributed by atoms with E-state index in [2.05, 4.69) is 65.8 Å². The SMILES string of the molecule is Cc1cc(Sc2cc(C)cc(C(C)C)c2OCl)c(OCl)c(C(C)C)c1. The molecule has 0 saturated carbocycles. The fraction of sp³-hybridized carbons (Fsp3) is 0.400. The molecule has 2 rings (SSSR count). The summed E-state index contributed by atoms with van der Waals surface area (Å²) in [5.41, 5.74) is 4.49. The second-order valence-electron chi connectivity index (χ2n) is 6.93. The van der Waals surface area contributed by atoms with Gasteiger partial charge >= 0.3 is 0 Å². The Morgan fingerprint density at radius 1 is 0.720 bits per heavy atom. The van der Waals surface area contributed by atoms with E-state index in [-0.39, 0.29) is 0 Å². The van der Waals surface area contributed by atoms with E-state index in [1.807, 2.05) is 0 Å². The molecular weight excluding hydrogens is 375 g/mol. The molecule has 2 aromatic carbocycles. The maximum Gasteiger partial charge on any atom is 0.163 e. The van der Waals surface area contributed by atoms with Gasteiger partial charge in [-0.05, 0) is 48.9 Å². The van der Waals surface area contributed by atoms with Crippen LogP contribution in [0, 0.1) is 13.8 Å². The molecule has 0 unspecified atom stereocenters. The second kappa shape index (κ2) is 8.57. The molecule has 0 aliphatic heterocycles. The van der Waals surface area contributed by atoms with Gasteiger partial charge in [0.25, 0.3) is 0 Å². The second-order valence-corrected chi connectivity index (χ2v) is 8.32. The Morgan fingerprint density at radius 3 is 1.36 bits per heavy atom. The van der Waals surface area contributed by atoms with Gasteiger partial charge in [0.15, 0.2) is 11.5 Å². The van der Waals surface area contributed by atoms with Crippen molar-refractivity contribution in [3.05, 3.63) is 46.5 Å². The van der Waals surface area contributed by atoms with Crippen molar-refractivity contribution < 1.29 is 8.58 Å². The first-order valence-electron chi connectivity index (χ1n) is 8.32. The molecule has 0 fully saturated rings. The lowest BCUT2D eigenvalue weighted by Crippen LogP contribution is -1.97. The Kier molecular flexibility index (Phi) is 6.95. The summed E-state index contributed by atoms with van der Waals surface area (Å²) in [5.74, 6) is 2.00. The van der Waals surface area contributed by atoms with E-state index in [9.17, 15) is 0 Å². The molecule has 0 amide bonds. The molecule has 0 spiro atoms. The normalized spacial score (nSPS) is 11.3. The number of benzene rings is 2. The molecule has 0 N–H and O–H groups in total. The molecule has 0 aliphatic carbocycles. The van der Waals surface area contributed by atoms with E-state index in [1.54, 1.807) is 11.8 Å². The van der Waals surface area contributed by atoms with E-state index in [4.69, 9.17) is 32.3 Å². The van der Waals surface area contributed by atoms with E-state index >= 15 is 0 Å². The predicted octanol–water partition coefficient (Wildman–Crippen LogP) is 7.77. The molecule has 0 heterocycles. The van der Waals surface area contributed by atoms with Gasteiger partial charge in [-0.2, -0.15) is 0 Å². The molecule has 0 aliphatic rings. The molecule has 0 saturated heterocycles. The largest absolute Gasteiger partial charge is 0.384 e. The zero-order valence-electron chi connectivity index (χ0n) is 15.4. The first-order valence-corrected chi connectivity index (χ1v) is 9.75. The smallest absolute Gasteiger partial charge is 0.163 e. The average molecular weight is 399 g/mol. The average Bonchev–Trinajstić information content (AvgIpc) is 2.53. The van der Waals surface area contributed by atoms with Crippen molar-refractivity contribution in [1.29, 1.82) is 0 Å². The fourth-order valence-corrected chi connectivity index (χ4v) is 4.49. The first kappa shape index (κ1) is 20.3. The van der Waals surface area contributed by atoms with Crippen LogP contribution < -0.4 is 8.58 Å². The molecule has 2 nitrogen and oxygen atoms in total. The van der Waals surface area contributed by atoms with Gasteiger partial charge in [0.2, 0.25) is 0 Å². The standard InChI is InChI=1S/C20H24Cl2O2S/c1-11(2)15-7-13(5)9-17(19(15)23-21)25-18-10-14(6)8-16(12(3)4)20(18)24-22/h7-12H,1-6H3. The maximum atomic E-state index is 5.82. The summed E-state index contributed by atoms with van der Waals surface area (Å²) in [6, 6.07) is 8.37. The Morgan fingerprint density at radius 2 is 1.08 bits per heavy atom. The predicted molar refractivity (Wildman–Crippen MR) is 108 cm³/mol. The van der Waals surface area contributed by atoms with Crippen molar-refractivity contribution in [3.8, 4) is 11.5 Å². The third kappa shape index (κ3) is 4.58. The van der Waals surface area contributed by atoms with Gasteiger partial charge < -0.3 is 8.58 Å². The minimum atomic E-state index is 0.306. The molecule has 0 atom stereocenters. The van der Waals surface area contributed by atoms with Gasteiger partial charge in [-0.1, -0.05) is 51.6 Å². The summed E-state index contributed by atoms with van der Waals surface area (Å²) in [6.07, 6.45) is 0. The number of hydrogen-bond donors (Lipinski definition) is 0. The summed E-state index contributed by atoms with van der Waals surface area (Å²) in [5, 5.41) is 0. The van der Waals surface area contributed by atoms with Gasteiger partial charge in [0.1, 0.15) is 23.7 Å². The van der Waals surface area contributed by atoms with Crippen LogP contribution in [0.1, 0.15) is 61.8 Å². The van der Waals surface area contributed by atoms with Crippen LogP contribution in [0.4, 0.5) is 0 Å². The van der Waals surface area contributed by atoms with Crippen molar-refractivity contribution in [2.75, 3.05) is 0 Å². The highest BCUT2D eigenvalue weighted by Gasteiger charge is 2.20. The van der Waals surface area contributed by atoms with Crippen LogP contribution in [0.3, 0.4) is 0 Å². The van der Waals surface area contributed by atoms with Crippen molar-refractivity contribution in [2.45, 2.75) is 63.2 Å². The molecule has 0 aromatic heterocycles. The minimum Gasteiger partial charge on any atom is -0.384 e. The highest BCUT2D eigenvalue weighted by atomic mass is 35.5. The Labute approximate surface area is 165 Å². The van der Waals surface area contributed by atoms with Crippen molar-refractivity contribution in [1.82, 2.24) is 0 Å². The third-order valence-corrected chi connectivity index (χ3v) is 5.43. The summed E-state index contributed by atoms with van der Waals surface area (Å²) in [6.45, 7) is 12.6. The van der Waals surface area contributed by atoms with Crippen LogP contribution in [0.2, 0.25) is 0 Å². The molecule has 0 radical (unpaired) electrons. The Balaban J connectivity index is 2.60. The minimum absolute atomic E-state index is 0.306. The van der Waals surface area contributed by atoms with Crippen LogP contribution in [0.5, 0.6) is 11.5 Å². The van der Waals surface area contributed by atoms with E-state index in [0.717, 1.165) is 32.0 Å². The van der Waals surface area contributed by atoms with Crippen LogP contribution >= 0.6 is 35.5 Å². The lowest BCUT2D eigenvalue weighted by Gasteiger charge is -2.18. The van der Waals surface area contributed by atoms with Gasteiger partial charge in [-0.3, -0.25) is 0 Å². The number of halogens is 2. The molecular formula is C20H24Cl2O2S. The zero-order chi connectivity index (χ0) is 18.7. The molecule has 0 bridgehead atoms. The molecule has 5 heteroatoms. The maximum absolute atomic E-state index is 5.82. The molecule has 136 valence electrons. The summed E-state index contributed by atoms with van der Waals surface area (Å²) in [4.78, 5) is 1.91. The first-order chi connectivity index (χ1) is 11.8. The number of rotatable bonds is 6. The van der Waals surface area contributed by atoms with Gasteiger partial charge in [0, 0.05) is 11.1 Å². The van der Waals surface area contributed by atoms with Crippen molar-refractivity contribution >= 4 is 35.5 Å². The van der Waals surface area contributed by atoms with Crippen molar-refractivity contribution in [3.63, 3.8) is 0 Å². The number of aryl methyl sites for hydroxylation is 2. The van der Waals surface area contributed by atoms with Crippen LogP contribution in [-0.2, 0) is 0 Å². The topological polar surface area (TPSA) is 18.5 Å². The molecule has 2 aromatic rings. The Hall–Kier alpha value is -1.03. The summed E-state index contributed by atoms with van der Waals surface area (Å²) < 4.78 is 10.4. The van der Waals surface area contributed by atoms with E-state index in [0.29, 0.717) is 23.3 Å². The number of hydrogen-bond acceptors (Lipinski definition) is 3. The third-order valence-electron chi connectivity index (χ3n) is 4.07. The van der Waals surface area contributed by atoms with Gasteiger partial charge in [-0.15, -0.1) is 0 Å². The van der Waals surface area contributed by atoms with Crippen LogP contribution in [0.25, 0.3) is 0 Å². The summed E-state index contributed by atoms with van der Waals surface area (Å²) in [7, 11) is 0. The van der Waals surface area contributed by atoms with Crippen molar-refractivity contribution in [2.24, 2.45) is 0 Å². The lowest BCUT2D eigenvalue weighted by atomic mass is 10.00. The van der Waals surface area contributed by atoms with E-state index in [1.165, 1.54) is 0 Å². The highest BCUT2D eigenvalue weighted by molar-refractivity contribution is 7.99. The van der Waals surface area contributed by atoms with Gasteiger partial charge in [-0.25, -0.2) is 0 Å². The fourth-order valence-electron chi connectivity index (χ4n) is 2.83. The van der Waals surface area contributed by atoms with Crippen LogP contribution in [-0.4, -0.2) is 0 Å².